The van der Waals surface area contributed by atoms with Crippen molar-refractivity contribution >= 4 is 35.8 Å². The molecule has 2 aromatic rings. The number of hydroxylamine groups is 2. The van der Waals surface area contributed by atoms with E-state index in [0.29, 0.717) is 41.1 Å². The second-order valence-electron chi connectivity index (χ2n) is 12.1. The van der Waals surface area contributed by atoms with Crippen LogP contribution in [-0.4, -0.2) is 77.9 Å². The van der Waals surface area contributed by atoms with Crippen molar-refractivity contribution in [1.82, 2.24) is 18.9 Å². The van der Waals surface area contributed by atoms with Crippen LogP contribution >= 0.6 is 0 Å². The Morgan fingerprint density at radius 2 is 1.84 bits per heavy atom. The summed E-state index contributed by atoms with van der Waals surface area (Å²) in [5.74, 6) is 3.29. The number of quaternary nitrogens is 1. The number of hydrogen-bond acceptors (Lipinski definition) is 7. The van der Waals surface area contributed by atoms with Gasteiger partial charge in [0.05, 0.1) is 30.9 Å². The summed E-state index contributed by atoms with van der Waals surface area (Å²) in [5.41, 5.74) is 0.783. The SMILES string of the molecule is COc1cc2ncnc([N@@+]3(O[Si](C)C)CCC(C(C)CN4CCCS4(=O)=O)[C@@H](C(C)(C)C)C3)c2cc1OC. The van der Waals surface area contributed by atoms with E-state index >= 15 is 0 Å². The zero-order chi connectivity index (χ0) is 27.9. The second-order valence-corrected chi connectivity index (χ2v) is 16.2. The summed E-state index contributed by atoms with van der Waals surface area (Å²) < 4.78 is 45.2. The summed E-state index contributed by atoms with van der Waals surface area (Å²) in [5, 5.41) is 0.899. The van der Waals surface area contributed by atoms with E-state index in [0.717, 1.165) is 42.7 Å². The molecular weight excluding hydrogens is 520 g/mol. The van der Waals surface area contributed by atoms with Crippen LogP contribution in [0.3, 0.4) is 0 Å². The number of rotatable bonds is 8. The first kappa shape index (κ1) is 29.2. The lowest BCUT2D eigenvalue weighted by Crippen LogP contribution is -2.62. The number of ether oxygens (including phenoxy) is 2. The topological polar surface area (TPSA) is 90.9 Å². The fourth-order valence-corrected chi connectivity index (χ4v) is 8.99. The standard InChI is InChI=1S/C27H44N4O5SSi/c1-19(16-30-11-9-13-37(30,32)33)20-10-12-31(36-38(7)8,17-22(20)27(2,3)4)26-21-14-24(34-5)25(35-6)15-23(21)28-18-29-26/h14-15,18-20,22H,9-13,16-17H2,1-8H3/q+1/t19?,20?,22-,31+/m0/s1. The number of fused-ring (bicyclic) bond motifs is 1. The molecule has 2 aliphatic heterocycles. The van der Waals surface area contributed by atoms with Gasteiger partial charge in [0, 0.05) is 37.6 Å². The van der Waals surface area contributed by atoms with E-state index in [9.17, 15) is 8.42 Å². The van der Waals surface area contributed by atoms with E-state index in [1.165, 1.54) is 0 Å². The Morgan fingerprint density at radius 3 is 2.42 bits per heavy atom. The molecule has 38 heavy (non-hydrogen) atoms. The Labute approximate surface area is 229 Å². The molecule has 0 N–H and O–H groups in total. The Balaban J connectivity index is 1.76. The van der Waals surface area contributed by atoms with E-state index in [1.807, 2.05) is 12.1 Å². The first-order valence-corrected chi connectivity index (χ1v) is 17.5. The van der Waals surface area contributed by atoms with Crippen LogP contribution < -0.4 is 14.1 Å². The number of piperidine rings is 1. The number of aromatic nitrogens is 2. The number of nitrogens with zero attached hydrogens (tertiary/aromatic N) is 4. The van der Waals surface area contributed by atoms with Crippen LogP contribution in [0.15, 0.2) is 18.5 Å². The lowest BCUT2D eigenvalue weighted by Gasteiger charge is -2.50. The summed E-state index contributed by atoms with van der Waals surface area (Å²) >= 11 is 0. The Kier molecular flexibility index (Phi) is 8.45. The summed E-state index contributed by atoms with van der Waals surface area (Å²) in [6.07, 6.45) is 3.26. The lowest BCUT2D eigenvalue weighted by atomic mass is 9.66. The predicted molar refractivity (Wildman–Crippen MR) is 153 cm³/mol. The van der Waals surface area contributed by atoms with Crippen molar-refractivity contribution in [2.45, 2.75) is 53.6 Å². The quantitative estimate of drug-likeness (QED) is 0.345. The van der Waals surface area contributed by atoms with Gasteiger partial charge in [-0.1, -0.05) is 27.7 Å². The Bertz CT molecular complexity index is 1250. The molecule has 0 bridgehead atoms. The molecule has 0 amide bonds. The maximum atomic E-state index is 12.6. The molecule has 2 aliphatic rings. The maximum Gasteiger partial charge on any atom is 0.291 e. The van der Waals surface area contributed by atoms with Crippen molar-refractivity contribution in [2.24, 2.45) is 23.2 Å². The molecule has 0 saturated carbocycles. The molecule has 2 fully saturated rings. The van der Waals surface area contributed by atoms with Gasteiger partial charge in [-0.25, -0.2) is 17.7 Å². The van der Waals surface area contributed by atoms with Gasteiger partial charge in [-0.15, -0.1) is 4.65 Å². The summed E-state index contributed by atoms with van der Waals surface area (Å²) in [7, 11) is -0.968. The molecule has 4 rings (SSSR count). The van der Waals surface area contributed by atoms with Crippen molar-refractivity contribution in [3.05, 3.63) is 18.5 Å². The van der Waals surface area contributed by atoms with Gasteiger partial charge in [0.1, 0.15) is 19.4 Å². The van der Waals surface area contributed by atoms with Crippen LogP contribution in [0.4, 0.5) is 5.82 Å². The maximum absolute atomic E-state index is 12.6. The molecule has 11 heteroatoms. The molecule has 4 atom stereocenters. The van der Waals surface area contributed by atoms with Gasteiger partial charge < -0.3 is 9.47 Å². The van der Waals surface area contributed by atoms with E-state index in [2.05, 4.69) is 45.8 Å². The van der Waals surface area contributed by atoms with Crippen molar-refractivity contribution < 1.29 is 22.4 Å². The summed E-state index contributed by atoms with van der Waals surface area (Å²) in [6.45, 7) is 16.2. The normalized spacial score (nSPS) is 27.1. The fourth-order valence-electron chi connectivity index (χ4n) is 6.42. The smallest absolute Gasteiger partial charge is 0.291 e. The molecule has 2 unspecified atom stereocenters. The zero-order valence-corrected chi connectivity index (χ0v) is 26.0. The Morgan fingerprint density at radius 1 is 1.16 bits per heavy atom. The van der Waals surface area contributed by atoms with Crippen molar-refractivity contribution in [3.63, 3.8) is 0 Å². The van der Waals surface area contributed by atoms with Gasteiger partial charge >= 0.3 is 0 Å². The van der Waals surface area contributed by atoms with Crippen LogP contribution in [-0.2, 0) is 14.6 Å². The highest BCUT2D eigenvalue weighted by molar-refractivity contribution is 7.89. The van der Waals surface area contributed by atoms with Crippen LogP contribution in [0.2, 0.25) is 13.1 Å². The molecule has 1 aromatic carbocycles. The monoisotopic (exact) mass is 564 g/mol. The van der Waals surface area contributed by atoms with Gasteiger partial charge in [0.2, 0.25) is 10.0 Å². The third-order valence-corrected chi connectivity index (χ3v) is 10.9. The molecule has 2 saturated heterocycles. The number of sulfonamides is 1. The Hall–Kier alpha value is -1.79. The van der Waals surface area contributed by atoms with Gasteiger partial charge in [0.15, 0.2) is 11.5 Å². The van der Waals surface area contributed by atoms with Crippen LogP contribution in [0.1, 0.15) is 40.5 Å². The first-order valence-electron chi connectivity index (χ1n) is 13.5. The van der Waals surface area contributed by atoms with E-state index in [1.54, 1.807) is 24.9 Å². The highest BCUT2D eigenvalue weighted by Gasteiger charge is 2.51. The van der Waals surface area contributed by atoms with Gasteiger partial charge in [-0.2, -0.15) is 4.98 Å². The minimum absolute atomic E-state index is 0.00573. The molecule has 211 valence electrons. The average molecular weight is 565 g/mol. The van der Waals surface area contributed by atoms with Crippen molar-refractivity contribution in [3.8, 4) is 11.5 Å². The minimum Gasteiger partial charge on any atom is -0.493 e. The number of methoxy groups -OCH3 is 2. The highest BCUT2D eigenvalue weighted by Crippen LogP contribution is 2.47. The third kappa shape index (κ3) is 5.72. The van der Waals surface area contributed by atoms with Gasteiger partial charge in [-0.3, -0.25) is 4.53 Å². The third-order valence-electron chi connectivity index (χ3n) is 8.23. The predicted octanol–water partition coefficient (Wildman–Crippen LogP) is 4.49. The van der Waals surface area contributed by atoms with Gasteiger partial charge in [0.25, 0.3) is 14.9 Å². The average Bonchev–Trinajstić information content (AvgIpc) is 3.18. The summed E-state index contributed by atoms with van der Waals surface area (Å²) in [6, 6.07) is 3.86. The largest absolute Gasteiger partial charge is 0.493 e. The summed E-state index contributed by atoms with van der Waals surface area (Å²) in [4.78, 5) is 9.39. The zero-order valence-electron chi connectivity index (χ0n) is 24.2. The van der Waals surface area contributed by atoms with Gasteiger partial charge in [-0.05, 0) is 36.8 Å². The van der Waals surface area contributed by atoms with E-state index < -0.39 is 19.1 Å². The molecular formula is C27H44N4O5SSi+. The molecule has 1 aromatic heterocycles. The number of hydrogen-bond donors (Lipinski definition) is 0. The lowest BCUT2D eigenvalue weighted by molar-refractivity contribution is -0.121. The number of benzene rings is 1. The highest BCUT2D eigenvalue weighted by atomic mass is 32.2. The molecule has 3 heterocycles. The molecule has 1 radical (unpaired) electrons. The fraction of sp³-hybridized carbons (Fsp3) is 0.704. The van der Waals surface area contributed by atoms with Crippen LogP contribution in [0.25, 0.3) is 10.9 Å². The molecule has 9 nitrogen and oxygen atoms in total. The van der Waals surface area contributed by atoms with E-state index in [4.69, 9.17) is 19.0 Å². The van der Waals surface area contributed by atoms with Crippen molar-refractivity contribution in [2.75, 3.05) is 46.2 Å². The molecule has 0 spiro atoms. The minimum atomic E-state index is -3.12. The first-order chi connectivity index (χ1) is 17.8. The molecule has 0 aliphatic carbocycles. The second kappa shape index (κ2) is 11.0. The van der Waals surface area contributed by atoms with E-state index in [-0.39, 0.29) is 17.1 Å². The van der Waals surface area contributed by atoms with Crippen molar-refractivity contribution in [1.29, 1.82) is 0 Å². The van der Waals surface area contributed by atoms with Crippen LogP contribution in [0.5, 0.6) is 11.5 Å². The van der Waals surface area contributed by atoms with Crippen LogP contribution in [0, 0.1) is 23.2 Å².